The molecule has 2 nitrogen and oxygen atoms in total. The van der Waals surface area contributed by atoms with E-state index in [9.17, 15) is 0 Å². The van der Waals surface area contributed by atoms with Crippen LogP contribution in [0.2, 0.25) is 0 Å². The molecule has 0 saturated heterocycles. The molecule has 0 bridgehead atoms. The molecule has 2 rings (SSSR count). The van der Waals surface area contributed by atoms with Gasteiger partial charge in [-0.2, -0.15) is 0 Å². The highest BCUT2D eigenvalue weighted by atomic mass is 32.2. The molecule has 1 heterocycles. The molecule has 0 saturated carbocycles. The van der Waals surface area contributed by atoms with Crippen molar-refractivity contribution in [1.29, 1.82) is 0 Å². The van der Waals surface area contributed by atoms with E-state index in [-0.39, 0.29) is 4.08 Å². The average Bonchev–Trinajstić information content (AvgIpc) is 2.37. The van der Waals surface area contributed by atoms with Gasteiger partial charge in [0, 0.05) is 6.42 Å². The maximum atomic E-state index is 5.72. The summed E-state index contributed by atoms with van der Waals surface area (Å²) in [5.74, 6) is 1.90. The van der Waals surface area contributed by atoms with Crippen LogP contribution in [0.4, 0.5) is 0 Å². The molecule has 0 amide bonds. The highest BCUT2D eigenvalue weighted by Crippen LogP contribution is 2.55. The van der Waals surface area contributed by atoms with Crippen molar-refractivity contribution in [2.45, 2.75) is 10.5 Å². The minimum absolute atomic E-state index is 0.0696. The van der Waals surface area contributed by atoms with Crippen LogP contribution in [-0.4, -0.2) is 26.2 Å². The molecular formula is C12H16O2S2. The summed E-state index contributed by atoms with van der Waals surface area (Å²) in [6.45, 7) is 0.780. The van der Waals surface area contributed by atoms with Gasteiger partial charge in [-0.3, -0.25) is 0 Å². The molecule has 0 N–H and O–H groups in total. The van der Waals surface area contributed by atoms with Gasteiger partial charge in [0.1, 0.15) is 11.5 Å². The summed E-state index contributed by atoms with van der Waals surface area (Å²) in [6.07, 6.45) is 5.32. The number of methoxy groups -OCH3 is 1. The summed E-state index contributed by atoms with van der Waals surface area (Å²) < 4.78 is 11.3. The molecule has 0 atom stereocenters. The van der Waals surface area contributed by atoms with Crippen LogP contribution >= 0.6 is 23.5 Å². The maximum Gasteiger partial charge on any atom is 0.128 e. The fourth-order valence-electron chi connectivity index (χ4n) is 2.09. The Morgan fingerprint density at radius 3 is 2.69 bits per heavy atom. The molecule has 0 fully saturated rings. The lowest BCUT2D eigenvalue weighted by Crippen LogP contribution is -2.27. The van der Waals surface area contributed by atoms with Gasteiger partial charge in [0.25, 0.3) is 0 Å². The number of ether oxygens (including phenoxy) is 2. The monoisotopic (exact) mass is 256 g/mol. The normalized spacial score (nSPS) is 17.4. The van der Waals surface area contributed by atoms with Gasteiger partial charge in [0.2, 0.25) is 0 Å². The third-order valence-electron chi connectivity index (χ3n) is 2.94. The molecule has 0 unspecified atom stereocenters. The predicted octanol–water partition coefficient (Wildman–Crippen LogP) is 3.36. The lowest BCUT2D eigenvalue weighted by atomic mass is 10.0. The first-order valence-electron chi connectivity index (χ1n) is 5.18. The molecule has 1 aliphatic heterocycles. The first kappa shape index (κ1) is 12.0. The van der Waals surface area contributed by atoms with E-state index < -0.39 is 0 Å². The molecule has 0 radical (unpaired) electrons. The smallest absolute Gasteiger partial charge is 0.128 e. The number of rotatable bonds is 3. The zero-order valence-electron chi connectivity index (χ0n) is 9.78. The third-order valence-corrected chi connectivity index (χ3v) is 6.07. The summed E-state index contributed by atoms with van der Waals surface area (Å²) in [4.78, 5) is 0. The van der Waals surface area contributed by atoms with Crippen LogP contribution in [0, 0.1) is 0 Å². The van der Waals surface area contributed by atoms with Crippen molar-refractivity contribution >= 4 is 23.5 Å². The van der Waals surface area contributed by atoms with E-state index in [0.29, 0.717) is 0 Å². The van der Waals surface area contributed by atoms with E-state index in [0.717, 1.165) is 24.5 Å². The SMILES string of the molecule is COc1cccc2c1C(SC)(SC)CCO2. The van der Waals surface area contributed by atoms with Crippen molar-refractivity contribution in [1.82, 2.24) is 0 Å². The largest absolute Gasteiger partial charge is 0.496 e. The van der Waals surface area contributed by atoms with Gasteiger partial charge in [-0.05, 0) is 24.6 Å². The minimum atomic E-state index is 0.0696. The van der Waals surface area contributed by atoms with Crippen molar-refractivity contribution in [3.63, 3.8) is 0 Å². The van der Waals surface area contributed by atoms with Crippen LogP contribution in [-0.2, 0) is 4.08 Å². The zero-order chi connectivity index (χ0) is 11.6. The van der Waals surface area contributed by atoms with Gasteiger partial charge in [0.15, 0.2) is 0 Å². The second kappa shape index (κ2) is 4.80. The Hall–Kier alpha value is -0.480. The summed E-state index contributed by atoms with van der Waals surface area (Å²) in [7, 11) is 1.72. The topological polar surface area (TPSA) is 18.5 Å². The molecule has 1 aromatic carbocycles. The fourth-order valence-corrected chi connectivity index (χ4v) is 4.14. The second-order valence-corrected chi connectivity index (χ2v) is 6.06. The van der Waals surface area contributed by atoms with E-state index in [1.54, 1.807) is 7.11 Å². The Bertz CT molecular complexity index is 361. The fraction of sp³-hybridized carbons (Fsp3) is 0.500. The van der Waals surface area contributed by atoms with E-state index in [4.69, 9.17) is 9.47 Å². The number of benzene rings is 1. The molecule has 1 aliphatic rings. The number of hydrogen-bond acceptors (Lipinski definition) is 4. The number of fused-ring (bicyclic) bond motifs is 1. The van der Waals surface area contributed by atoms with Crippen LogP contribution in [0.15, 0.2) is 18.2 Å². The van der Waals surface area contributed by atoms with Crippen LogP contribution < -0.4 is 9.47 Å². The summed E-state index contributed by atoms with van der Waals surface area (Å²) >= 11 is 3.74. The van der Waals surface area contributed by atoms with Gasteiger partial charge in [-0.15, -0.1) is 23.5 Å². The van der Waals surface area contributed by atoms with Gasteiger partial charge >= 0.3 is 0 Å². The third kappa shape index (κ3) is 1.78. The van der Waals surface area contributed by atoms with Gasteiger partial charge in [-0.25, -0.2) is 0 Å². The highest BCUT2D eigenvalue weighted by Gasteiger charge is 2.39. The Morgan fingerprint density at radius 2 is 2.06 bits per heavy atom. The molecular weight excluding hydrogens is 240 g/mol. The first-order chi connectivity index (χ1) is 7.77. The van der Waals surface area contributed by atoms with Crippen LogP contribution in [0.5, 0.6) is 11.5 Å². The Labute approximate surface area is 105 Å². The van der Waals surface area contributed by atoms with Crippen molar-refractivity contribution in [3.8, 4) is 11.5 Å². The Balaban J connectivity index is 2.58. The van der Waals surface area contributed by atoms with E-state index in [2.05, 4.69) is 12.5 Å². The first-order valence-corrected chi connectivity index (χ1v) is 7.63. The Kier molecular flexibility index (Phi) is 3.60. The molecule has 88 valence electrons. The van der Waals surface area contributed by atoms with Crippen molar-refractivity contribution < 1.29 is 9.47 Å². The molecule has 16 heavy (non-hydrogen) atoms. The van der Waals surface area contributed by atoms with Crippen LogP contribution in [0.1, 0.15) is 12.0 Å². The summed E-state index contributed by atoms with van der Waals surface area (Å²) in [5, 5.41) is 0. The summed E-state index contributed by atoms with van der Waals surface area (Å²) in [6, 6.07) is 6.02. The lowest BCUT2D eigenvalue weighted by molar-refractivity contribution is 0.274. The van der Waals surface area contributed by atoms with Crippen molar-refractivity contribution in [2.75, 3.05) is 26.2 Å². The molecule has 0 aromatic heterocycles. The number of hydrogen-bond donors (Lipinski definition) is 0. The van der Waals surface area contributed by atoms with E-state index in [1.807, 2.05) is 41.7 Å². The second-order valence-electron chi connectivity index (χ2n) is 3.59. The quantitative estimate of drug-likeness (QED) is 0.772. The molecule has 0 aliphatic carbocycles. The van der Waals surface area contributed by atoms with Gasteiger partial charge in [0.05, 0.1) is 23.4 Å². The maximum absolute atomic E-state index is 5.72. The zero-order valence-corrected chi connectivity index (χ0v) is 11.4. The van der Waals surface area contributed by atoms with Gasteiger partial charge < -0.3 is 9.47 Å². The highest BCUT2D eigenvalue weighted by molar-refractivity contribution is 8.16. The minimum Gasteiger partial charge on any atom is -0.496 e. The van der Waals surface area contributed by atoms with Crippen LogP contribution in [0.25, 0.3) is 0 Å². The van der Waals surface area contributed by atoms with Crippen molar-refractivity contribution in [2.24, 2.45) is 0 Å². The summed E-state index contributed by atoms with van der Waals surface area (Å²) in [5.41, 5.74) is 1.20. The van der Waals surface area contributed by atoms with E-state index in [1.165, 1.54) is 5.56 Å². The molecule has 1 aromatic rings. The Morgan fingerprint density at radius 1 is 1.31 bits per heavy atom. The molecule has 0 spiro atoms. The van der Waals surface area contributed by atoms with Crippen molar-refractivity contribution in [3.05, 3.63) is 23.8 Å². The van der Waals surface area contributed by atoms with E-state index >= 15 is 0 Å². The standard InChI is InChI=1S/C12H16O2S2/c1-13-9-5-4-6-10-11(9)12(15-2,16-3)7-8-14-10/h4-6H,7-8H2,1-3H3. The average molecular weight is 256 g/mol. The van der Waals surface area contributed by atoms with Gasteiger partial charge in [-0.1, -0.05) is 6.07 Å². The lowest BCUT2D eigenvalue weighted by Gasteiger charge is -2.36. The molecule has 4 heteroatoms. The van der Waals surface area contributed by atoms with Crippen LogP contribution in [0.3, 0.4) is 0 Å². The predicted molar refractivity (Wildman–Crippen MR) is 71.8 cm³/mol. The number of thioether (sulfide) groups is 2.